The van der Waals surface area contributed by atoms with E-state index in [1.807, 2.05) is 89.4 Å². The molecule has 2 aromatic heterocycles. The minimum atomic E-state index is -0.391. The molecule has 0 saturated carbocycles. The van der Waals surface area contributed by atoms with Gasteiger partial charge in [0.15, 0.2) is 0 Å². The summed E-state index contributed by atoms with van der Waals surface area (Å²) in [6, 6.07) is 17.2. The third kappa shape index (κ3) is 6.85. The van der Waals surface area contributed by atoms with Gasteiger partial charge in [0.05, 0.1) is 5.56 Å². The highest BCUT2D eigenvalue weighted by Crippen LogP contribution is 2.25. The first kappa shape index (κ1) is 25.1. The normalized spacial score (nSPS) is 9.27. The minimum Gasteiger partial charge on any atom is -0.489 e. The number of thiazole rings is 1. The van der Waals surface area contributed by atoms with Crippen molar-refractivity contribution in [3.8, 4) is 16.3 Å². The molecule has 2 heterocycles. The fraction of sp³-hybridized carbons (Fsp3) is 0.280. The maximum atomic E-state index is 12.2. The van der Waals surface area contributed by atoms with Gasteiger partial charge >= 0.3 is 5.63 Å². The van der Waals surface area contributed by atoms with E-state index in [1.54, 1.807) is 18.3 Å². The van der Waals surface area contributed by atoms with E-state index in [-0.39, 0.29) is 0 Å². The van der Waals surface area contributed by atoms with E-state index in [1.165, 1.54) is 11.3 Å². The van der Waals surface area contributed by atoms with Gasteiger partial charge in [0.25, 0.3) is 0 Å². The van der Waals surface area contributed by atoms with E-state index in [2.05, 4.69) is 4.98 Å². The Hall–Kier alpha value is -2.92. The third-order valence-electron chi connectivity index (χ3n) is 3.62. The molecule has 0 aliphatic carbocycles. The monoisotopic (exact) mass is 425 g/mol. The predicted molar refractivity (Wildman–Crippen MR) is 128 cm³/mol. The fourth-order valence-electron chi connectivity index (χ4n) is 2.43. The van der Waals surface area contributed by atoms with Gasteiger partial charge in [0, 0.05) is 23.0 Å². The molecule has 0 saturated heterocycles. The smallest absolute Gasteiger partial charge is 0.346 e. The van der Waals surface area contributed by atoms with Crippen LogP contribution in [0.3, 0.4) is 0 Å². The third-order valence-corrected chi connectivity index (χ3v) is 4.42. The highest BCUT2D eigenvalue weighted by atomic mass is 32.1. The lowest BCUT2D eigenvalue weighted by molar-refractivity contribution is 0.306. The zero-order chi connectivity index (χ0) is 22.4. The Kier molecular flexibility index (Phi) is 11.8. The van der Waals surface area contributed by atoms with E-state index in [9.17, 15) is 4.79 Å². The van der Waals surface area contributed by atoms with Gasteiger partial charge < -0.3 is 9.15 Å². The Morgan fingerprint density at radius 1 is 0.933 bits per heavy atom. The van der Waals surface area contributed by atoms with Gasteiger partial charge in [-0.25, -0.2) is 9.78 Å². The number of benzene rings is 2. The molecule has 0 aliphatic heterocycles. The summed E-state index contributed by atoms with van der Waals surface area (Å²) in [5.41, 5.74) is 1.68. The van der Waals surface area contributed by atoms with Crippen molar-refractivity contribution >= 4 is 22.3 Å². The van der Waals surface area contributed by atoms with Gasteiger partial charge in [-0.15, -0.1) is 11.3 Å². The highest BCUT2D eigenvalue weighted by Gasteiger charge is 2.10. The largest absolute Gasteiger partial charge is 0.489 e. The quantitative estimate of drug-likeness (QED) is 0.316. The van der Waals surface area contributed by atoms with Crippen LogP contribution in [0.1, 0.15) is 47.1 Å². The molecule has 0 bridgehead atoms. The summed E-state index contributed by atoms with van der Waals surface area (Å²) in [5.74, 6) is 0.663. The molecule has 0 N–H and O–H groups in total. The van der Waals surface area contributed by atoms with Gasteiger partial charge in [-0.2, -0.15) is 0 Å². The summed E-state index contributed by atoms with van der Waals surface area (Å²) < 4.78 is 11.2. The molecule has 0 radical (unpaired) electrons. The maximum absolute atomic E-state index is 12.2. The summed E-state index contributed by atoms with van der Waals surface area (Å²) in [7, 11) is 0. The second-order valence-electron chi connectivity index (χ2n) is 5.26. The summed E-state index contributed by atoms with van der Waals surface area (Å²) in [6.07, 6.45) is 1.67. The molecule has 5 heteroatoms. The van der Waals surface area contributed by atoms with E-state index in [0.717, 1.165) is 10.9 Å². The van der Waals surface area contributed by atoms with Crippen molar-refractivity contribution in [1.82, 2.24) is 4.98 Å². The molecule has 4 nitrogen and oxygen atoms in total. The molecule has 2 aromatic carbocycles. The van der Waals surface area contributed by atoms with Crippen LogP contribution >= 0.6 is 11.3 Å². The number of nitrogens with zero attached hydrogens (tertiary/aromatic N) is 1. The van der Waals surface area contributed by atoms with Crippen LogP contribution in [0.25, 0.3) is 21.5 Å². The Morgan fingerprint density at radius 2 is 1.63 bits per heavy atom. The van der Waals surface area contributed by atoms with Crippen LogP contribution in [0.2, 0.25) is 0 Å². The molecule has 4 rings (SSSR count). The zero-order valence-corrected chi connectivity index (χ0v) is 19.5. The SMILES string of the molecule is CC.CC.CC.O=c1oc2cc(OCc3ccccc3)ccc2cc1-c1nccs1. The van der Waals surface area contributed by atoms with Crippen LogP contribution in [0.15, 0.2) is 75.4 Å². The topological polar surface area (TPSA) is 52.3 Å². The lowest BCUT2D eigenvalue weighted by atomic mass is 10.2. The zero-order valence-electron chi connectivity index (χ0n) is 18.6. The Balaban J connectivity index is 0.000000691. The van der Waals surface area contributed by atoms with Gasteiger partial charge in [0.2, 0.25) is 0 Å². The lowest BCUT2D eigenvalue weighted by Gasteiger charge is -2.07. The van der Waals surface area contributed by atoms with E-state index < -0.39 is 5.63 Å². The van der Waals surface area contributed by atoms with Crippen molar-refractivity contribution in [3.63, 3.8) is 0 Å². The van der Waals surface area contributed by atoms with E-state index >= 15 is 0 Å². The molecule has 160 valence electrons. The average Bonchev–Trinajstić information content (AvgIpc) is 3.36. The van der Waals surface area contributed by atoms with Crippen molar-refractivity contribution in [3.05, 3.63) is 82.2 Å². The van der Waals surface area contributed by atoms with Crippen molar-refractivity contribution in [1.29, 1.82) is 0 Å². The van der Waals surface area contributed by atoms with Gasteiger partial charge in [-0.3, -0.25) is 0 Å². The minimum absolute atomic E-state index is 0.391. The van der Waals surface area contributed by atoms with Crippen molar-refractivity contribution in [2.45, 2.75) is 48.1 Å². The van der Waals surface area contributed by atoms with Crippen LogP contribution in [-0.2, 0) is 6.61 Å². The number of ether oxygens (including phenoxy) is 1. The second-order valence-corrected chi connectivity index (χ2v) is 6.15. The number of aromatic nitrogens is 1. The summed E-state index contributed by atoms with van der Waals surface area (Å²) in [6.45, 7) is 12.5. The molecule has 0 spiro atoms. The van der Waals surface area contributed by atoms with Crippen molar-refractivity contribution < 1.29 is 9.15 Å². The second kappa shape index (κ2) is 14.1. The summed E-state index contributed by atoms with van der Waals surface area (Å²) in [5, 5.41) is 3.33. The number of hydrogen-bond acceptors (Lipinski definition) is 5. The molecule has 0 atom stereocenters. The van der Waals surface area contributed by atoms with Gasteiger partial charge in [0.1, 0.15) is 22.9 Å². The van der Waals surface area contributed by atoms with Crippen molar-refractivity contribution in [2.24, 2.45) is 0 Å². The maximum Gasteiger partial charge on any atom is 0.346 e. The van der Waals surface area contributed by atoms with E-state index in [0.29, 0.717) is 28.5 Å². The first-order valence-electron chi connectivity index (χ1n) is 10.4. The Morgan fingerprint density at radius 3 is 2.27 bits per heavy atom. The van der Waals surface area contributed by atoms with Crippen LogP contribution in [0.5, 0.6) is 5.75 Å². The van der Waals surface area contributed by atoms with E-state index in [4.69, 9.17) is 9.15 Å². The average molecular weight is 426 g/mol. The molecule has 4 aromatic rings. The van der Waals surface area contributed by atoms with Crippen LogP contribution in [0, 0.1) is 0 Å². The number of rotatable bonds is 4. The Labute approximate surface area is 183 Å². The lowest BCUT2D eigenvalue weighted by Crippen LogP contribution is -2.02. The van der Waals surface area contributed by atoms with Gasteiger partial charge in [-0.1, -0.05) is 71.9 Å². The van der Waals surface area contributed by atoms with Crippen LogP contribution in [-0.4, -0.2) is 4.98 Å². The Bertz CT molecular complexity index is 1030. The fourth-order valence-corrected chi connectivity index (χ4v) is 3.07. The molecule has 0 amide bonds. The standard InChI is InChI=1S/C19H13NO3S.3C2H6/c21-19-16(18-20-8-9-24-18)10-14-6-7-15(11-17(14)23-19)22-12-13-4-2-1-3-5-13;3*1-2/h1-11H,12H2;3*1-2H3. The number of hydrogen-bond donors (Lipinski definition) is 0. The number of fused-ring (bicyclic) bond motifs is 1. The highest BCUT2D eigenvalue weighted by molar-refractivity contribution is 7.13. The molecular formula is C25H31NO3S. The summed E-state index contributed by atoms with van der Waals surface area (Å²) >= 11 is 1.41. The molecule has 0 fully saturated rings. The molecular weight excluding hydrogens is 394 g/mol. The van der Waals surface area contributed by atoms with Crippen molar-refractivity contribution in [2.75, 3.05) is 0 Å². The first-order valence-corrected chi connectivity index (χ1v) is 11.3. The molecule has 30 heavy (non-hydrogen) atoms. The van der Waals surface area contributed by atoms with Crippen LogP contribution in [0.4, 0.5) is 0 Å². The predicted octanol–water partition coefficient (Wildman–Crippen LogP) is 7.57. The summed E-state index contributed by atoms with van der Waals surface area (Å²) in [4.78, 5) is 16.3. The van der Waals surface area contributed by atoms with Crippen LogP contribution < -0.4 is 10.4 Å². The molecule has 0 aliphatic rings. The molecule has 0 unspecified atom stereocenters. The van der Waals surface area contributed by atoms with Gasteiger partial charge in [-0.05, 0) is 23.8 Å². The first-order chi connectivity index (χ1) is 14.8.